The second-order valence-corrected chi connectivity index (χ2v) is 3.67. The fourth-order valence-corrected chi connectivity index (χ4v) is 1.04. The smallest absolute Gasteiger partial charge is 0.429 e. The second kappa shape index (κ2) is 6.64. The number of hydrogen-bond acceptors (Lipinski definition) is 5. The Bertz CT molecular complexity index is 559. The highest BCUT2D eigenvalue weighted by atomic mass is 35.5. The maximum absolute atomic E-state index is 12.8. The Labute approximate surface area is 116 Å². The standard InChI is InChI=1S/C11H6ClF3N4O/c12-10(13)11(14,15)20-9-3-1-7(2-4-9)18-19-8(5-16)6-17/h1-4,10,18H. The van der Waals surface area contributed by atoms with Crippen molar-refractivity contribution in [3.8, 4) is 17.9 Å². The first kappa shape index (κ1) is 15.6. The summed E-state index contributed by atoms with van der Waals surface area (Å²) in [6, 6.07) is 7.84. The minimum Gasteiger partial charge on any atom is -0.429 e. The van der Waals surface area contributed by atoms with Crippen LogP contribution in [0.1, 0.15) is 0 Å². The molecule has 0 spiro atoms. The third-order valence-electron chi connectivity index (χ3n) is 1.87. The zero-order valence-corrected chi connectivity index (χ0v) is 10.4. The van der Waals surface area contributed by atoms with Crippen molar-refractivity contribution in [1.29, 1.82) is 10.5 Å². The molecule has 0 aliphatic carbocycles. The number of benzene rings is 1. The van der Waals surface area contributed by atoms with E-state index in [1.165, 1.54) is 24.3 Å². The van der Waals surface area contributed by atoms with E-state index >= 15 is 0 Å². The normalized spacial score (nSPS) is 11.7. The van der Waals surface area contributed by atoms with Gasteiger partial charge in [0.25, 0.3) is 5.63 Å². The largest absolute Gasteiger partial charge is 0.444 e. The van der Waals surface area contributed by atoms with Gasteiger partial charge < -0.3 is 4.74 Å². The van der Waals surface area contributed by atoms with Gasteiger partial charge in [-0.1, -0.05) is 11.6 Å². The van der Waals surface area contributed by atoms with Crippen LogP contribution in [0.25, 0.3) is 0 Å². The van der Waals surface area contributed by atoms with Crippen molar-refractivity contribution in [3.05, 3.63) is 24.3 Å². The number of ether oxygens (including phenoxy) is 1. The minimum absolute atomic E-state index is 0.311. The van der Waals surface area contributed by atoms with Gasteiger partial charge in [-0.25, -0.2) is 4.39 Å². The van der Waals surface area contributed by atoms with Crippen LogP contribution in [-0.2, 0) is 0 Å². The molecule has 1 atom stereocenters. The molecule has 0 aliphatic heterocycles. The lowest BCUT2D eigenvalue weighted by molar-refractivity contribution is -0.199. The van der Waals surface area contributed by atoms with Gasteiger partial charge in [-0.15, -0.1) is 0 Å². The lowest BCUT2D eigenvalue weighted by atomic mass is 10.3. The Balaban J connectivity index is 2.74. The molecule has 0 fully saturated rings. The molecule has 1 aromatic rings. The van der Waals surface area contributed by atoms with E-state index in [-0.39, 0.29) is 5.75 Å². The number of anilines is 1. The van der Waals surface area contributed by atoms with Crippen LogP contribution in [0.15, 0.2) is 29.4 Å². The molecule has 0 heterocycles. The molecule has 104 valence electrons. The SMILES string of the molecule is N#CC(C#N)=NNc1ccc(OC(F)(F)C(F)Cl)cc1. The minimum atomic E-state index is -4.15. The van der Waals surface area contributed by atoms with Gasteiger partial charge in [0, 0.05) is 0 Å². The van der Waals surface area contributed by atoms with E-state index in [1.54, 1.807) is 0 Å². The number of hydrogen-bond donors (Lipinski definition) is 1. The van der Waals surface area contributed by atoms with Crippen molar-refractivity contribution >= 4 is 23.0 Å². The quantitative estimate of drug-likeness (QED) is 0.515. The topological polar surface area (TPSA) is 81.2 Å². The number of alkyl halides is 4. The molecule has 0 aliphatic rings. The van der Waals surface area contributed by atoms with Crippen molar-refractivity contribution < 1.29 is 17.9 Å². The fourth-order valence-electron chi connectivity index (χ4n) is 0.995. The predicted octanol–water partition coefficient (Wildman–Crippen LogP) is 3.01. The Morgan fingerprint density at radius 2 is 1.85 bits per heavy atom. The summed E-state index contributed by atoms with van der Waals surface area (Å²) in [7, 11) is 0. The highest BCUT2D eigenvalue weighted by Crippen LogP contribution is 2.29. The lowest BCUT2D eigenvalue weighted by Crippen LogP contribution is -2.32. The first-order chi connectivity index (χ1) is 9.39. The summed E-state index contributed by atoms with van der Waals surface area (Å²) in [5.41, 5.74) is -0.706. The molecule has 0 saturated carbocycles. The maximum Gasteiger partial charge on any atom is 0.444 e. The molecule has 1 rings (SSSR count). The summed E-state index contributed by atoms with van der Waals surface area (Å²) >= 11 is 4.63. The van der Waals surface area contributed by atoms with Gasteiger partial charge in [-0.3, -0.25) is 5.43 Å². The summed E-state index contributed by atoms with van der Waals surface area (Å²) in [5.74, 6) is -0.311. The summed E-state index contributed by atoms with van der Waals surface area (Å²) < 4.78 is 42.1. The monoisotopic (exact) mass is 302 g/mol. The van der Waals surface area contributed by atoms with E-state index in [1.807, 2.05) is 0 Å². The highest BCUT2D eigenvalue weighted by molar-refractivity contribution is 6.20. The Hall–Kier alpha value is -2.45. The van der Waals surface area contributed by atoms with E-state index in [0.717, 1.165) is 12.1 Å². The number of hydrazone groups is 1. The number of rotatable bonds is 5. The Morgan fingerprint density at radius 3 is 2.30 bits per heavy atom. The highest BCUT2D eigenvalue weighted by Gasteiger charge is 2.42. The molecule has 0 radical (unpaired) electrons. The number of halogens is 4. The van der Waals surface area contributed by atoms with E-state index in [0.29, 0.717) is 5.69 Å². The van der Waals surface area contributed by atoms with Gasteiger partial charge in [0.05, 0.1) is 5.69 Å². The summed E-state index contributed by atoms with van der Waals surface area (Å²) in [4.78, 5) is 0. The van der Waals surface area contributed by atoms with Crippen LogP contribution in [0, 0.1) is 22.7 Å². The van der Waals surface area contributed by atoms with E-state index in [4.69, 9.17) is 10.5 Å². The van der Waals surface area contributed by atoms with Crippen LogP contribution in [-0.4, -0.2) is 17.5 Å². The van der Waals surface area contributed by atoms with Gasteiger partial charge in [0.2, 0.25) is 5.71 Å². The molecule has 5 nitrogen and oxygen atoms in total. The van der Waals surface area contributed by atoms with E-state index in [9.17, 15) is 13.2 Å². The van der Waals surface area contributed by atoms with Crippen LogP contribution in [0.3, 0.4) is 0 Å². The molecule has 9 heteroatoms. The Morgan fingerprint density at radius 1 is 1.30 bits per heavy atom. The molecule has 1 N–H and O–H groups in total. The second-order valence-electron chi connectivity index (χ2n) is 3.28. The first-order valence-corrected chi connectivity index (χ1v) is 5.41. The van der Waals surface area contributed by atoms with Gasteiger partial charge >= 0.3 is 6.11 Å². The molecule has 0 amide bonds. The van der Waals surface area contributed by atoms with Crippen molar-refractivity contribution in [2.24, 2.45) is 5.10 Å². The van der Waals surface area contributed by atoms with Gasteiger partial charge in [0.15, 0.2) is 0 Å². The fraction of sp³-hybridized carbons (Fsp3) is 0.182. The van der Waals surface area contributed by atoms with Crippen molar-refractivity contribution in [2.45, 2.75) is 11.7 Å². The number of nitrogens with one attached hydrogen (secondary N) is 1. The van der Waals surface area contributed by atoms with Gasteiger partial charge in [-0.05, 0) is 24.3 Å². The molecule has 1 aromatic carbocycles. The van der Waals surface area contributed by atoms with Gasteiger partial charge in [0.1, 0.15) is 17.9 Å². The number of nitrogens with zero attached hydrogens (tertiary/aromatic N) is 3. The summed E-state index contributed by atoms with van der Waals surface area (Å²) in [5, 5.41) is 20.3. The van der Waals surface area contributed by atoms with Crippen LogP contribution in [0.5, 0.6) is 5.75 Å². The number of nitriles is 2. The van der Waals surface area contributed by atoms with Crippen molar-refractivity contribution in [3.63, 3.8) is 0 Å². The molecule has 0 aromatic heterocycles. The van der Waals surface area contributed by atoms with Crippen LogP contribution < -0.4 is 10.2 Å². The third-order valence-corrected chi connectivity index (χ3v) is 2.12. The van der Waals surface area contributed by atoms with Crippen molar-refractivity contribution in [1.82, 2.24) is 0 Å². The third kappa shape index (κ3) is 4.34. The molecule has 1 unspecified atom stereocenters. The lowest BCUT2D eigenvalue weighted by Gasteiger charge is -2.17. The summed E-state index contributed by atoms with van der Waals surface area (Å²) in [6.07, 6.45) is -4.15. The van der Waals surface area contributed by atoms with Crippen LogP contribution in [0.2, 0.25) is 0 Å². The maximum atomic E-state index is 12.8. The zero-order valence-electron chi connectivity index (χ0n) is 9.65. The van der Waals surface area contributed by atoms with Gasteiger partial charge in [-0.2, -0.15) is 24.4 Å². The van der Waals surface area contributed by atoms with E-state index in [2.05, 4.69) is 26.9 Å². The van der Waals surface area contributed by atoms with Crippen LogP contribution in [0.4, 0.5) is 18.9 Å². The molecular weight excluding hydrogens is 297 g/mol. The molecule has 0 bridgehead atoms. The van der Waals surface area contributed by atoms with Crippen molar-refractivity contribution in [2.75, 3.05) is 5.43 Å². The van der Waals surface area contributed by atoms with E-state index < -0.39 is 17.5 Å². The summed E-state index contributed by atoms with van der Waals surface area (Å²) in [6.45, 7) is 0. The average Bonchev–Trinajstić information content (AvgIpc) is 2.41. The Kier molecular flexibility index (Phi) is 5.18. The molecular formula is C11H6ClF3N4O. The predicted molar refractivity (Wildman–Crippen MR) is 65.0 cm³/mol. The van der Waals surface area contributed by atoms with Crippen LogP contribution >= 0.6 is 11.6 Å². The molecule has 0 saturated heterocycles. The first-order valence-electron chi connectivity index (χ1n) is 4.98. The zero-order chi connectivity index (χ0) is 15.2. The molecule has 20 heavy (non-hydrogen) atoms. The average molecular weight is 303 g/mol.